The van der Waals surface area contributed by atoms with E-state index in [0.29, 0.717) is 12.2 Å². The van der Waals surface area contributed by atoms with Crippen LogP contribution in [0.3, 0.4) is 0 Å². The highest BCUT2D eigenvalue weighted by atomic mass is 32.1. The monoisotopic (exact) mass is 398 g/mol. The first-order chi connectivity index (χ1) is 12.8. The van der Waals surface area contributed by atoms with E-state index in [1.54, 1.807) is 36.9 Å². The number of nitrogens with one attached hydrogen (secondary N) is 2. The van der Waals surface area contributed by atoms with Gasteiger partial charge in [0.25, 0.3) is 0 Å². The van der Waals surface area contributed by atoms with E-state index in [4.69, 9.17) is 17.0 Å². The van der Waals surface area contributed by atoms with Gasteiger partial charge in [0, 0.05) is 12.7 Å². The molecule has 0 spiro atoms. The molecule has 1 heterocycles. The number of benzene rings is 1. The van der Waals surface area contributed by atoms with E-state index in [2.05, 4.69) is 20.5 Å². The second kappa shape index (κ2) is 9.26. The number of carbonyl (C=O) groups excluding carboxylic acids is 1. The maximum atomic E-state index is 12.5. The highest BCUT2D eigenvalue weighted by Crippen LogP contribution is 2.26. The molecule has 1 aromatic heterocycles. The van der Waals surface area contributed by atoms with E-state index in [1.807, 2.05) is 6.92 Å². The van der Waals surface area contributed by atoms with Gasteiger partial charge in [-0.2, -0.15) is 13.9 Å². The third-order valence-corrected chi connectivity index (χ3v) is 3.43. The molecule has 0 aliphatic rings. The molecule has 10 heteroatoms. The molecule has 0 aliphatic heterocycles. The standard InChI is InChI=1S/C17H20F2N4O3S/c1-4-23-9-12(14(22-23)15(24)25-10(2)3)21-17(27)20-11-7-5-6-8-13(11)26-16(18)19/h5-10,16H,4H2,1-3H3,(H2,20,21,27). The summed E-state index contributed by atoms with van der Waals surface area (Å²) in [5.74, 6) is -0.649. The van der Waals surface area contributed by atoms with Gasteiger partial charge in [-0.3, -0.25) is 4.68 Å². The Morgan fingerprint density at radius 3 is 2.56 bits per heavy atom. The van der Waals surface area contributed by atoms with Crippen molar-refractivity contribution in [1.29, 1.82) is 0 Å². The smallest absolute Gasteiger partial charge is 0.387 e. The van der Waals surface area contributed by atoms with E-state index in [1.165, 1.54) is 12.1 Å². The lowest BCUT2D eigenvalue weighted by Crippen LogP contribution is -2.22. The predicted octanol–water partition coefficient (Wildman–Crippen LogP) is 3.88. The number of aromatic nitrogens is 2. The molecule has 0 bridgehead atoms. The molecule has 1 aromatic carbocycles. The minimum absolute atomic E-state index is 0.0552. The molecule has 2 aromatic rings. The van der Waals surface area contributed by atoms with Crippen LogP contribution in [-0.2, 0) is 11.3 Å². The van der Waals surface area contributed by atoms with Crippen molar-refractivity contribution in [3.05, 3.63) is 36.2 Å². The van der Waals surface area contributed by atoms with Crippen LogP contribution >= 0.6 is 12.2 Å². The van der Waals surface area contributed by atoms with Crippen molar-refractivity contribution in [2.75, 3.05) is 10.6 Å². The molecule has 0 radical (unpaired) electrons. The van der Waals surface area contributed by atoms with Gasteiger partial charge >= 0.3 is 12.6 Å². The zero-order valence-corrected chi connectivity index (χ0v) is 15.8. The summed E-state index contributed by atoms with van der Waals surface area (Å²) in [7, 11) is 0. The number of nitrogens with zero attached hydrogens (tertiary/aromatic N) is 2. The fraction of sp³-hybridized carbons (Fsp3) is 0.353. The first kappa shape index (κ1) is 20.6. The highest BCUT2D eigenvalue weighted by Gasteiger charge is 2.20. The minimum Gasteiger partial charge on any atom is -0.458 e. The van der Waals surface area contributed by atoms with Gasteiger partial charge in [0.05, 0.1) is 17.5 Å². The van der Waals surface area contributed by atoms with Gasteiger partial charge < -0.3 is 20.1 Å². The molecule has 2 N–H and O–H groups in total. The predicted molar refractivity (Wildman–Crippen MR) is 101 cm³/mol. The van der Waals surface area contributed by atoms with Crippen LogP contribution in [0.5, 0.6) is 5.75 Å². The zero-order valence-electron chi connectivity index (χ0n) is 15.0. The Hall–Kier alpha value is -2.75. The van der Waals surface area contributed by atoms with Crippen LogP contribution in [0.2, 0.25) is 0 Å². The Morgan fingerprint density at radius 2 is 1.93 bits per heavy atom. The lowest BCUT2D eigenvalue weighted by atomic mass is 10.3. The van der Waals surface area contributed by atoms with Crippen LogP contribution in [0.25, 0.3) is 0 Å². The highest BCUT2D eigenvalue weighted by molar-refractivity contribution is 7.80. The number of halogens is 2. The van der Waals surface area contributed by atoms with Gasteiger partial charge in [0.1, 0.15) is 5.75 Å². The number of thiocarbonyl (C=S) groups is 1. The average Bonchev–Trinajstić information content (AvgIpc) is 2.98. The molecule has 27 heavy (non-hydrogen) atoms. The SMILES string of the molecule is CCn1cc(NC(=S)Nc2ccccc2OC(F)F)c(C(=O)OC(C)C)n1. The summed E-state index contributed by atoms with van der Waals surface area (Å²) in [6.07, 6.45) is 1.30. The van der Waals surface area contributed by atoms with Crippen LogP contribution in [0.15, 0.2) is 30.5 Å². The summed E-state index contributed by atoms with van der Waals surface area (Å²) in [5, 5.41) is 9.86. The second-order valence-corrected chi connectivity index (χ2v) is 6.06. The number of hydrogen-bond donors (Lipinski definition) is 2. The Bertz CT molecular complexity index is 811. The number of para-hydroxylation sites is 2. The number of carbonyl (C=O) groups is 1. The average molecular weight is 398 g/mol. The summed E-state index contributed by atoms with van der Waals surface area (Å²) in [4.78, 5) is 12.2. The molecular weight excluding hydrogens is 378 g/mol. The molecule has 0 amide bonds. The molecule has 0 atom stereocenters. The summed E-state index contributed by atoms with van der Waals surface area (Å²) in [5.41, 5.74) is 0.670. The number of alkyl halides is 2. The van der Waals surface area contributed by atoms with Crippen molar-refractivity contribution in [3.63, 3.8) is 0 Å². The Balaban J connectivity index is 2.16. The van der Waals surface area contributed by atoms with Gasteiger partial charge in [0.15, 0.2) is 10.8 Å². The molecule has 0 aliphatic carbocycles. The van der Waals surface area contributed by atoms with Crippen LogP contribution in [0.4, 0.5) is 20.2 Å². The molecule has 0 saturated carbocycles. The first-order valence-electron chi connectivity index (χ1n) is 8.20. The lowest BCUT2D eigenvalue weighted by molar-refractivity contribution is -0.0493. The third-order valence-electron chi connectivity index (χ3n) is 3.22. The summed E-state index contributed by atoms with van der Waals surface area (Å²) >= 11 is 5.22. The van der Waals surface area contributed by atoms with Crippen molar-refractivity contribution in [1.82, 2.24) is 9.78 Å². The lowest BCUT2D eigenvalue weighted by Gasteiger charge is -2.14. The molecule has 0 saturated heterocycles. The van der Waals surface area contributed by atoms with Gasteiger partial charge in [-0.15, -0.1) is 0 Å². The normalized spacial score (nSPS) is 10.8. The van der Waals surface area contributed by atoms with Gasteiger partial charge in [0.2, 0.25) is 0 Å². The zero-order chi connectivity index (χ0) is 20.0. The molecule has 7 nitrogen and oxygen atoms in total. The van der Waals surface area contributed by atoms with Gasteiger partial charge in [-0.05, 0) is 45.1 Å². The maximum Gasteiger partial charge on any atom is 0.387 e. The quantitative estimate of drug-likeness (QED) is 0.541. The molecule has 2 rings (SSSR count). The fourth-order valence-electron chi connectivity index (χ4n) is 2.14. The van der Waals surface area contributed by atoms with Gasteiger partial charge in [-0.25, -0.2) is 4.79 Å². The fourth-order valence-corrected chi connectivity index (χ4v) is 2.36. The van der Waals surface area contributed by atoms with E-state index < -0.39 is 12.6 Å². The van der Waals surface area contributed by atoms with E-state index in [-0.39, 0.29) is 28.3 Å². The van der Waals surface area contributed by atoms with Crippen molar-refractivity contribution >= 4 is 34.7 Å². The van der Waals surface area contributed by atoms with Gasteiger partial charge in [-0.1, -0.05) is 12.1 Å². The number of hydrogen-bond acceptors (Lipinski definition) is 5. The summed E-state index contributed by atoms with van der Waals surface area (Å²) in [6, 6.07) is 6.13. The van der Waals surface area contributed by atoms with Crippen LogP contribution in [0, 0.1) is 0 Å². The third kappa shape index (κ3) is 5.88. The number of ether oxygens (including phenoxy) is 2. The van der Waals surface area contributed by atoms with Crippen molar-refractivity contribution < 1.29 is 23.0 Å². The van der Waals surface area contributed by atoms with E-state index in [0.717, 1.165) is 0 Å². The minimum atomic E-state index is -2.96. The molecular formula is C17H20F2N4O3S. The second-order valence-electron chi connectivity index (χ2n) is 5.65. The number of anilines is 2. The summed E-state index contributed by atoms with van der Waals surface area (Å²) < 4.78 is 36.2. The van der Waals surface area contributed by atoms with Crippen molar-refractivity contribution in [2.24, 2.45) is 0 Å². The van der Waals surface area contributed by atoms with Crippen LogP contribution in [-0.4, -0.2) is 33.6 Å². The Morgan fingerprint density at radius 1 is 1.26 bits per heavy atom. The number of aryl methyl sites for hydroxylation is 1. The Labute approximate surface area is 160 Å². The van der Waals surface area contributed by atoms with Crippen molar-refractivity contribution in [2.45, 2.75) is 40.0 Å². The van der Waals surface area contributed by atoms with E-state index in [9.17, 15) is 13.6 Å². The maximum absolute atomic E-state index is 12.5. The van der Waals surface area contributed by atoms with Crippen molar-refractivity contribution in [3.8, 4) is 5.75 Å². The Kier molecular flexibility index (Phi) is 7.05. The van der Waals surface area contributed by atoms with Crippen LogP contribution < -0.4 is 15.4 Å². The largest absolute Gasteiger partial charge is 0.458 e. The first-order valence-corrected chi connectivity index (χ1v) is 8.61. The molecule has 0 fully saturated rings. The topological polar surface area (TPSA) is 77.4 Å². The molecule has 0 unspecified atom stereocenters. The van der Waals surface area contributed by atoms with E-state index >= 15 is 0 Å². The van der Waals surface area contributed by atoms with Crippen LogP contribution in [0.1, 0.15) is 31.3 Å². The summed E-state index contributed by atoms with van der Waals surface area (Å²) in [6.45, 7) is 2.90. The number of rotatable bonds is 7. The number of esters is 1. The molecule has 146 valence electrons.